The molecule has 1 unspecified atom stereocenters. The maximum Gasteiger partial charge on any atom is 0.121 e. The minimum Gasteiger partial charge on any atom is -0.508 e. The molecule has 0 saturated carbocycles. The van der Waals surface area contributed by atoms with Gasteiger partial charge in [0.15, 0.2) is 0 Å². The van der Waals surface area contributed by atoms with Crippen LogP contribution in [0.4, 0.5) is 0 Å². The van der Waals surface area contributed by atoms with Crippen molar-refractivity contribution in [2.24, 2.45) is 5.73 Å². The minimum atomic E-state index is -0.136. The van der Waals surface area contributed by atoms with E-state index in [4.69, 9.17) is 10.8 Å². The summed E-state index contributed by atoms with van der Waals surface area (Å²) in [6.07, 6.45) is 1.86. The van der Waals surface area contributed by atoms with Crippen LogP contribution in [0.3, 0.4) is 0 Å². The highest BCUT2D eigenvalue weighted by Gasteiger charge is 2.23. The summed E-state index contributed by atoms with van der Waals surface area (Å²) in [5, 5.41) is 18.6. The molecule has 1 aliphatic carbocycles. The zero-order valence-corrected chi connectivity index (χ0v) is 7.33. The van der Waals surface area contributed by atoms with Gasteiger partial charge in [-0.15, -0.1) is 0 Å². The molecule has 1 aliphatic rings. The number of phenols is 1. The minimum absolute atomic E-state index is 0.0238. The molecule has 0 aliphatic heterocycles. The first-order valence-electron chi connectivity index (χ1n) is 4.44. The fourth-order valence-corrected chi connectivity index (χ4v) is 2.00. The van der Waals surface area contributed by atoms with Crippen molar-refractivity contribution in [2.45, 2.75) is 25.5 Å². The van der Waals surface area contributed by atoms with Gasteiger partial charge < -0.3 is 15.9 Å². The second-order valence-corrected chi connectivity index (χ2v) is 3.44. The molecule has 0 heterocycles. The first-order valence-corrected chi connectivity index (χ1v) is 4.44. The lowest BCUT2D eigenvalue weighted by Crippen LogP contribution is -2.08. The molecule has 0 amide bonds. The van der Waals surface area contributed by atoms with Gasteiger partial charge in [-0.25, -0.2) is 0 Å². The van der Waals surface area contributed by atoms with Gasteiger partial charge in [0.1, 0.15) is 5.75 Å². The van der Waals surface area contributed by atoms with Crippen LogP contribution in [-0.4, -0.2) is 10.2 Å². The second-order valence-electron chi connectivity index (χ2n) is 3.44. The number of aryl methyl sites for hydroxylation is 1. The summed E-state index contributed by atoms with van der Waals surface area (Å²) in [4.78, 5) is 0. The van der Waals surface area contributed by atoms with Gasteiger partial charge in [-0.2, -0.15) is 0 Å². The van der Waals surface area contributed by atoms with E-state index in [-0.39, 0.29) is 18.4 Å². The van der Waals surface area contributed by atoms with Crippen LogP contribution in [0.5, 0.6) is 5.75 Å². The number of hydrogen-bond acceptors (Lipinski definition) is 3. The molecule has 70 valence electrons. The normalized spacial score (nSPS) is 20.3. The summed E-state index contributed by atoms with van der Waals surface area (Å²) in [5.74, 6) is 0.151. The zero-order valence-electron chi connectivity index (χ0n) is 7.33. The van der Waals surface area contributed by atoms with Crippen molar-refractivity contribution < 1.29 is 10.2 Å². The Morgan fingerprint density at radius 1 is 1.46 bits per heavy atom. The fraction of sp³-hybridized carbons (Fsp3) is 0.400. The number of hydrogen-bond donors (Lipinski definition) is 3. The first kappa shape index (κ1) is 8.53. The molecule has 4 N–H and O–H groups in total. The Morgan fingerprint density at radius 2 is 2.23 bits per heavy atom. The van der Waals surface area contributed by atoms with Gasteiger partial charge in [0, 0.05) is 11.6 Å². The van der Waals surface area contributed by atoms with Gasteiger partial charge in [-0.3, -0.25) is 0 Å². The van der Waals surface area contributed by atoms with Crippen molar-refractivity contribution in [3.05, 3.63) is 28.8 Å². The van der Waals surface area contributed by atoms with Crippen LogP contribution >= 0.6 is 0 Å². The molecule has 0 saturated heterocycles. The summed E-state index contributed by atoms with van der Waals surface area (Å²) in [6.45, 7) is -0.136. The van der Waals surface area contributed by atoms with E-state index in [2.05, 4.69) is 0 Å². The van der Waals surface area contributed by atoms with E-state index in [0.29, 0.717) is 5.56 Å². The maximum absolute atomic E-state index is 9.48. The van der Waals surface area contributed by atoms with E-state index in [1.165, 1.54) is 0 Å². The van der Waals surface area contributed by atoms with E-state index in [1.54, 1.807) is 6.07 Å². The van der Waals surface area contributed by atoms with Crippen LogP contribution in [0.1, 0.15) is 29.2 Å². The summed E-state index contributed by atoms with van der Waals surface area (Å²) < 4.78 is 0. The molecule has 0 bridgehead atoms. The van der Waals surface area contributed by atoms with E-state index in [9.17, 15) is 5.11 Å². The molecule has 3 nitrogen and oxygen atoms in total. The largest absolute Gasteiger partial charge is 0.508 e. The molecule has 1 aromatic rings. The van der Waals surface area contributed by atoms with Crippen LogP contribution in [0.15, 0.2) is 12.1 Å². The van der Waals surface area contributed by atoms with Crippen LogP contribution < -0.4 is 5.73 Å². The molecule has 0 spiro atoms. The number of rotatable bonds is 1. The summed E-state index contributed by atoms with van der Waals surface area (Å²) in [5.41, 5.74) is 8.58. The van der Waals surface area contributed by atoms with Gasteiger partial charge in [0.2, 0.25) is 0 Å². The Morgan fingerprint density at radius 3 is 2.92 bits per heavy atom. The molecule has 13 heavy (non-hydrogen) atoms. The smallest absolute Gasteiger partial charge is 0.121 e. The van der Waals surface area contributed by atoms with E-state index in [0.717, 1.165) is 24.0 Å². The summed E-state index contributed by atoms with van der Waals surface area (Å²) >= 11 is 0. The Hall–Kier alpha value is -1.06. The monoisotopic (exact) mass is 179 g/mol. The third kappa shape index (κ3) is 1.20. The lowest BCUT2D eigenvalue weighted by Gasteiger charge is -2.11. The fourth-order valence-electron chi connectivity index (χ4n) is 2.00. The van der Waals surface area contributed by atoms with Gasteiger partial charge in [-0.1, -0.05) is 6.07 Å². The molecule has 0 fully saturated rings. The number of benzene rings is 1. The number of aliphatic hydroxyl groups excluding tert-OH is 1. The quantitative estimate of drug-likeness (QED) is 0.598. The summed E-state index contributed by atoms with van der Waals surface area (Å²) in [7, 11) is 0. The molecular weight excluding hydrogens is 166 g/mol. The average molecular weight is 179 g/mol. The number of nitrogens with two attached hydrogens (primary N) is 1. The van der Waals surface area contributed by atoms with Crippen LogP contribution in [0.25, 0.3) is 0 Å². The highest BCUT2D eigenvalue weighted by Crippen LogP contribution is 2.36. The third-order valence-corrected chi connectivity index (χ3v) is 2.68. The standard InChI is InChI=1S/C10H13NO2/c11-8-3-1-6-2-4-9(13)7(5-12)10(6)8/h2,4,8,12-13H,1,3,5,11H2. The molecule has 2 rings (SSSR count). The molecule has 0 aromatic heterocycles. The molecule has 1 atom stereocenters. The van der Waals surface area contributed by atoms with Crippen LogP contribution in [0.2, 0.25) is 0 Å². The molecule has 0 radical (unpaired) electrons. The van der Waals surface area contributed by atoms with Gasteiger partial charge in [0.05, 0.1) is 6.61 Å². The first-order chi connectivity index (χ1) is 6.24. The Balaban J connectivity index is 2.60. The summed E-state index contributed by atoms with van der Waals surface area (Å²) in [6, 6.07) is 3.49. The van der Waals surface area contributed by atoms with E-state index in [1.807, 2.05) is 6.07 Å². The van der Waals surface area contributed by atoms with Crippen molar-refractivity contribution in [1.29, 1.82) is 0 Å². The van der Waals surface area contributed by atoms with Crippen molar-refractivity contribution in [1.82, 2.24) is 0 Å². The Bertz CT molecular complexity index is 336. The lowest BCUT2D eigenvalue weighted by atomic mass is 10.0. The highest BCUT2D eigenvalue weighted by molar-refractivity contribution is 5.48. The maximum atomic E-state index is 9.48. The molecule has 3 heteroatoms. The van der Waals surface area contributed by atoms with Gasteiger partial charge in [0.25, 0.3) is 0 Å². The van der Waals surface area contributed by atoms with Crippen molar-refractivity contribution in [2.75, 3.05) is 0 Å². The number of fused-ring (bicyclic) bond motifs is 1. The Labute approximate surface area is 76.8 Å². The van der Waals surface area contributed by atoms with Crippen molar-refractivity contribution >= 4 is 0 Å². The topological polar surface area (TPSA) is 66.5 Å². The average Bonchev–Trinajstić information content (AvgIpc) is 2.49. The second kappa shape index (κ2) is 3.01. The molecule has 1 aromatic carbocycles. The predicted octanol–water partition coefficient (Wildman–Crippen LogP) is 0.831. The zero-order chi connectivity index (χ0) is 9.42. The van der Waals surface area contributed by atoms with Crippen LogP contribution in [-0.2, 0) is 13.0 Å². The Kier molecular flexibility index (Phi) is 1.98. The van der Waals surface area contributed by atoms with Gasteiger partial charge in [-0.05, 0) is 30.0 Å². The van der Waals surface area contributed by atoms with E-state index < -0.39 is 0 Å². The SMILES string of the molecule is NC1CCc2ccc(O)c(CO)c21. The lowest BCUT2D eigenvalue weighted by molar-refractivity contribution is 0.273. The number of aromatic hydroxyl groups is 1. The predicted molar refractivity (Wildman–Crippen MR) is 49.3 cm³/mol. The third-order valence-electron chi connectivity index (χ3n) is 2.68. The van der Waals surface area contributed by atoms with Gasteiger partial charge >= 0.3 is 0 Å². The van der Waals surface area contributed by atoms with Crippen LogP contribution in [0, 0.1) is 0 Å². The number of aliphatic hydroxyl groups is 1. The van der Waals surface area contributed by atoms with Crippen molar-refractivity contribution in [3.8, 4) is 5.75 Å². The highest BCUT2D eigenvalue weighted by atomic mass is 16.3. The van der Waals surface area contributed by atoms with E-state index >= 15 is 0 Å². The molecular formula is C10H13NO2. The van der Waals surface area contributed by atoms with Crippen molar-refractivity contribution in [3.63, 3.8) is 0 Å².